The normalized spacial score (nSPS) is 12.4. The number of rotatable bonds is 6. The topological polar surface area (TPSA) is 85.2 Å². The van der Waals surface area contributed by atoms with Gasteiger partial charge in [0.1, 0.15) is 0 Å². The SMILES string of the molecule is Cc1noc(-c2ccccc2C(=O)N(C)CCC(N)C(C)C)n1. The van der Waals surface area contributed by atoms with E-state index in [1.165, 1.54) is 0 Å². The van der Waals surface area contributed by atoms with Gasteiger partial charge in [-0.3, -0.25) is 4.79 Å². The highest BCUT2D eigenvalue weighted by Gasteiger charge is 2.20. The van der Waals surface area contributed by atoms with Crippen molar-refractivity contribution in [2.75, 3.05) is 13.6 Å². The molecule has 0 radical (unpaired) electrons. The summed E-state index contributed by atoms with van der Waals surface area (Å²) in [6, 6.07) is 7.34. The Morgan fingerprint density at radius 1 is 1.35 bits per heavy atom. The molecule has 2 N–H and O–H groups in total. The molecule has 0 bridgehead atoms. The van der Waals surface area contributed by atoms with Crippen LogP contribution in [-0.2, 0) is 0 Å². The summed E-state index contributed by atoms with van der Waals surface area (Å²) in [5, 5.41) is 3.79. The molecule has 1 aromatic heterocycles. The van der Waals surface area contributed by atoms with Gasteiger partial charge in [-0.2, -0.15) is 4.98 Å². The number of benzene rings is 1. The lowest BCUT2D eigenvalue weighted by atomic mass is 10.0. The van der Waals surface area contributed by atoms with Crippen molar-refractivity contribution in [1.29, 1.82) is 0 Å². The number of nitrogens with zero attached hydrogens (tertiary/aromatic N) is 3. The number of nitrogens with two attached hydrogens (primary N) is 1. The van der Waals surface area contributed by atoms with Gasteiger partial charge < -0.3 is 15.2 Å². The summed E-state index contributed by atoms with van der Waals surface area (Å²) in [5.74, 6) is 1.22. The summed E-state index contributed by atoms with van der Waals surface area (Å²) in [6.07, 6.45) is 0.766. The van der Waals surface area contributed by atoms with Crippen LogP contribution in [0.1, 0.15) is 36.5 Å². The van der Waals surface area contributed by atoms with E-state index in [9.17, 15) is 4.79 Å². The van der Waals surface area contributed by atoms with E-state index in [-0.39, 0.29) is 11.9 Å². The first kappa shape index (κ1) is 17.1. The molecule has 2 rings (SSSR count). The van der Waals surface area contributed by atoms with Gasteiger partial charge in [-0.15, -0.1) is 0 Å². The Morgan fingerprint density at radius 3 is 2.65 bits per heavy atom. The standard InChI is InChI=1S/C17H24N4O2/c1-11(2)15(18)9-10-21(4)17(22)14-8-6-5-7-13(14)16-19-12(3)20-23-16/h5-8,11,15H,9-10,18H2,1-4H3. The Labute approximate surface area is 136 Å². The second-order valence-electron chi connectivity index (χ2n) is 6.12. The first-order chi connectivity index (χ1) is 10.9. The zero-order valence-electron chi connectivity index (χ0n) is 14.1. The lowest BCUT2D eigenvalue weighted by molar-refractivity contribution is 0.0789. The Hall–Kier alpha value is -2.21. The predicted octanol–water partition coefficient (Wildman–Crippen LogP) is 2.49. The predicted molar refractivity (Wildman–Crippen MR) is 88.9 cm³/mol. The van der Waals surface area contributed by atoms with Crippen molar-refractivity contribution in [3.63, 3.8) is 0 Å². The molecule has 6 heteroatoms. The fraction of sp³-hybridized carbons (Fsp3) is 0.471. The molecule has 0 saturated carbocycles. The average Bonchev–Trinajstić information content (AvgIpc) is 2.97. The highest BCUT2D eigenvalue weighted by molar-refractivity contribution is 5.99. The van der Waals surface area contributed by atoms with Crippen molar-refractivity contribution in [2.24, 2.45) is 11.7 Å². The molecule has 2 aromatic rings. The second-order valence-corrected chi connectivity index (χ2v) is 6.12. The van der Waals surface area contributed by atoms with Crippen LogP contribution < -0.4 is 5.73 Å². The smallest absolute Gasteiger partial charge is 0.258 e. The maximum atomic E-state index is 12.7. The zero-order valence-corrected chi connectivity index (χ0v) is 14.1. The molecule has 1 atom stereocenters. The minimum Gasteiger partial charge on any atom is -0.342 e. The molecule has 0 aliphatic carbocycles. The Bertz CT molecular complexity index is 666. The number of hydrogen-bond donors (Lipinski definition) is 1. The van der Waals surface area contributed by atoms with Crippen molar-refractivity contribution < 1.29 is 9.32 Å². The summed E-state index contributed by atoms with van der Waals surface area (Å²) in [7, 11) is 1.78. The van der Waals surface area contributed by atoms with E-state index in [1.807, 2.05) is 18.2 Å². The van der Waals surface area contributed by atoms with Crippen molar-refractivity contribution in [3.8, 4) is 11.5 Å². The summed E-state index contributed by atoms with van der Waals surface area (Å²) < 4.78 is 5.20. The van der Waals surface area contributed by atoms with Crippen LogP contribution in [0, 0.1) is 12.8 Å². The van der Waals surface area contributed by atoms with Gasteiger partial charge in [0, 0.05) is 19.6 Å². The molecule has 0 saturated heterocycles. The molecular formula is C17H24N4O2. The van der Waals surface area contributed by atoms with Crippen LogP contribution in [-0.4, -0.2) is 40.6 Å². The Balaban J connectivity index is 2.16. The molecule has 23 heavy (non-hydrogen) atoms. The zero-order chi connectivity index (χ0) is 17.0. The van der Waals surface area contributed by atoms with E-state index < -0.39 is 0 Å². The number of carbonyl (C=O) groups excluding carboxylic acids is 1. The van der Waals surface area contributed by atoms with E-state index in [0.717, 1.165) is 6.42 Å². The molecule has 1 aromatic carbocycles. The van der Waals surface area contributed by atoms with E-state index in [0.29, 0.717) is 35.3 Å². The molecule has 0 aliphatic rings. The molecule has 0 fully saturated rings. The van der Waals surface area contributed by atoms with Crippen LogP contribution in [0.4, 0.5) is 0 Å². The third kappa shape index (κ3) is 4.16. The van der Waals surface area contributed by atoms with Crippen molar-refractivity contribution in [2.45, 2.75) is 33.2 Å². The number of hydrogen-bond acceptors (Lipinski definition) is 5. The fourth-order valence-corrected chi connectivity index (χ4v) is 2.25. The first-order valence-corrected chi connectivity index (χ1v) is 7.81. The van der Waals surface area contributed by atoms with E-state index in [2.05, 4.69) is 24.0 Å². The van der Waals surface area contributed by atoms with Gasteiger partial charge in [-0.1, -0.05) is 31.1 Å². The van der Waals surface area contributed by atoms with Gasteiger partial charge in [0.15, 0.2) is 5.82 Å². The van der Waals surface area contributed by atoms with Crippen molar-refractivity contribution in [1.82, 2.24) is 15.0 Å². The highest BCUT2D eigenvalue weighted by atomic mass is 16.5. The largest absolute Gasteiger partial charge is 0.342 e. The fourth-order valence-electron chi connectivity index (χ4n) is 2.25. The summed E-state index contributed by atoms with van der Waals surface area (Å²) >= 11 is 0. The maximum absolute atomic E-state index is 12.7. The minimum atomic E-state index is -0.0765. The maximum Gasteiger partial charge on any atom is 0.258 e. The highest BCUT2D eigenvalue weighted by Crippen LogP contribution is 2.23. The molecule has 0 aliphatic heterocycles. The molecule has 0 spiro atoms. The summed E-state index contributed by atoms with van der Waals surface area (Å²) in [5.41, 5.74) is 7.26. The van der Waals surface area contributed by atoms with Gasteiger partial charge in [-0.25, -0.2) is 0 Å². The van der Waals surface area contributed by atoms with Gasteiger partial charge in [-0.05, 0) is 31.4 Å². The number of aromatic nitrogens is 2. The third-order valence-corrected chi connectivity index (χ3v) is 3.92. The molecule has 1 heterocycles. The molecule has 1 amide bonds. The lowest BCUT2D eigenvalue weighted by Gasteiger charge is -2.22. The third-order valence-electron chi connectivity index (χ3n) is 3.92. The van der Waals surface area contributed by atoms with Gasteiger partial charge in [0.2, 0.25) is 0 Å². The van der Waals surface area contributed by atoms with Crippen LogP contribution in [0.2, 0.25) is 0 Å². The summed E-state index contributed by atoms with van der Waals surface area (Å²) in [6.45, 7) is 6.52. The summed E-state index contributed by atoms with van der Waals surface area (Å²) in [4.78, 5) is 18.6. The average molecular weight is 316 g/mol. The van der Waals surface area contributed by atoms with E-state index >= 15 is 0 Å². The van der Waals surface area contributed by atoms with E-state index in [1.54, 1.807) is 24.9 Å². The molecule has 124 valence electrons. The first-order valence-electron chi connectivity index (χ1n) is 7.81. The van der Waals surface area contributed by atoms with Gasteiger partial charge >= 0.3 is 0 Å². The van der Waals surface area contributed by atoms with Crippen molar-refractivity contribution in [3.05, 3.63) is 35.7 Å². The monoisotopic (exact) mass is 316 g/mol. The Morgan fingerprint density at radius 2 is 2.04 bits per heavy atom. The Kier molecular flexibility index (Phi) is 5.50. The second kappa shape index (κ2) is 7.37. The van der Waals surface area contributed by atoms with Gasteiger partial charge in [0.25, 0.3) is 11.8 Å². The van der Waals surface area contributed by atoms with Crippen LogP contribution in [0.15, 0.2) is 28.8 Å². The lowest BCUT2D eigenvalue weighted by Crippen LogP contribution is -2.34. The van der Waals surface area contributed by atoms with Crippen LogP contribution in [0.25, 0.3) is 11.5 Å². The van der Waals surface area contributed by atoms with Gasteiger partial charge in [0.05, 0.1) is 11.1 Å². The quantitative estimate of drug-likeness (QED) is 0.885. The number of aryl methyl sites for hydroxylation is 1. The minimum absolute atomic E-state index is 0.0765. The number of carbonyl (C=O) groups is 1. The van der Waals surface area contributed by atoms with Crippen LogP contribution in [0.3, 0.4) is 0 Å². The van der Waals surface area contributed by atoms with Crippen molar-refractivity contribution >= 4 is 5.91 Å². The van der Waals surface area contributed by atoms with Crippen LogP contribution >= 0.6 is 0 Å². The van der Waals surface area contributed by atoms with E-state index in [4.69, 9.17) is 10.3 Å². The van der Waals surface area contributed by atoms with Crippen LogP contribution in [0.5, 0.6) is 0 Å². The number of amides is 1. The molecule has 6 nitrogen and oxygen atoms in total. The molecular weight excluding hydrogens is 292 g/mol. The molecule has 1 unspecified atom stereocenters.